The smallest absolute Gasteiger partial charge is 0.270 e. The molecular formula is C20H13N7O2. The molecule has 9 heteroatoms. The minimum Gasteiger partial charge on any atom is -0.342 e. The third-order valence-electron chi connectivity index (χ3n) is 3.97. The van der Waals surface area contributed by atoms with Gasteiger partial charge in [-0.25, -0.2) is 10.4 Å². The van der Waals surface area contributed by atoms with E-state index in [9.17, 15) is 10.1 Å². The van der Waals surface area contributed by atoms with E-state index in [1.807, 2.05) is 36.4 Å². The van der Waals surface area contributed by atoms with Crippen molar-refractivity contribution in [1.82, 2.24) is 20.1 Å². The molecule has 4 aromatic rings. The molecule has 0 saturated heterocycles. The topological polar surface area (TPSA) is 133 Å². The number of nitriles is 1. The summed E-state index contributed by atoms with van der Waals surface area (Å²) in [6.45, 7) is 0. The largest absolute Gasteiger partial charge is 0.342 e. The van der Waals surface area contributed by atoms with Crippen LogP contribution in [0, 0.1) is 11.3 Å². The van der Waals surface area contributed by atoms with Crippen LogP contribution in [0.1, 0.15) is 11.1 Å². The number of benzene rings is 2. The number of nitrogens with zero attached hydrogens (tertiary/aromatic N) is 5. The highest BCUT2D eigenvalue weighted by atomic mass is 16.5. The number of aromatic amines is 1. The van der Waals surface area contributed by atoms with Crippen molar-refractivity contribution in [2.75, 3.05) is 5.43 Å². The maximum atomic E-state index is 12.2. The van der Waals surface area contributed by atoms with E-state index < -0.39 is 5.56 Å². The molecule has 0 aliphatic rings. The molecule has 2 aromatic heterocycles. The standard InChI is InChI=1S/C20H13N7O2/c21-10-16-17(14-6-2-1-3-7-14)24-20(25-19(16)28)26-23-11-13-5-4-8-15(9-13)18-22-12-29-27-18/h1-9,11-12H,(H2,24,25,26,28). The highest BCUT2D eigenvalue weighted by Gasteiger charge is 2.12. The lowest BCUT2D eigenvalue weighted by Crippen LogP contribution is -2.16. The van der Waals surface area contributed by atoms with Gasteiger partial charge in [0.15, 0.2) is 0 Å². The van der Waals surface area contributed by atoms with E-state index in [0.29, 0.717) is 11.4 Å². The maximum Gasteiger partial charge on any atom is 0.270 e. The summed E-state index contributed by atoms with van der Waals surface area (Å²) in [4.78, 5) is 23.1. The van der Waals surface area contributed by atoms with Crippen molar-refractivity contribution in [2.24, 2.45) is 5.10 Å². The van der Waals surface area contributed by atoms with Gasteiger partial charge in [-0.05, 0) is 11.6 Å². The zero-order valence-corrected chi connectivity index (χ0v) is 14.9. The highest BCUT2D eigenvalue weighted by Crippen LogP contribution is 2.19. The lowest BCUT2D eigenvalue weighted by molar-refractivity contribution is 0.419. The van der Waals surface area contributed by atoms with E-state index in [2.05, 4.69) is 30.6 Å². The summed E-state index contributed by atoms with van der Waals surface area (Å²) < 4.78 is 4.75. The molecule has 0 spiro atoms. The summed E-state index contributed by atoms with van der Waals surface area (Å²) in [7, 11) is 0. The number of hydrazone groups is 1. The second kappa shape index (κ2) is 7.98. The van der Waals surface area contributed by atoms with E-state index >= 15 is 0 Å². The summed E-state index contributed by atoms with van der Waals surface area (Å²) in [5.41, 5.74) is 4.59. The van der Waals surface area contributed by atoms with Gasteiger partial charge < -0.3 is 4.52 Å². The van der Waals surface area contributed by atoms with E-state index in [-0.39, 0.29) is 17.2 Å². The van der Waals surface area contributed by atoms with Gasteiger partial charge >= 0.3 is 0 Å². The molecule has 0 fully saturated rings. The molecule has 0 amide bonds. The molecule has 0 bridgehead atoms. The number of aromatic nitrogens is 4. The number of nitrogens with one attached hydrogen (secondary N) is 2. The second-order valence-electron chi connectivity index (χ2n) is 5.87. The van der Waals surface area contributed by atoms with Crippen LogP contribution in [0.5, 0.6) is 0 Å². The van der Waals surface area contributed by atoms with Crippen LogP contribution in [0.3, 0.4) is 0 Å². The molecule has 29 heavy (non-hydrogen) atoms. The van der Waals surface area contributed by atoms with Crippen molar-refractivity contribution in [1.29, 1.82) is 5.26 Å². The van der Waals surface area contributed by atoms with Crippen molar-refractivity contribution in [3.05, 3.63) is 82.5 Å². The van der Waals surface area contributed by atoms with Crippen LogP contribution in [0.4, 0.5) is 5.95 Å². The molecule has 9 nitrogen and oxygen atoms in total. The minimum atomic E-state index is -0.543. The summed E-state index contributed by atoms with van der Waals surface area (Å²) in [5.74, 6) is 0.595. The van der Waals surface area contributed by atoms with Gasteiger partial charge in [-0.2, -0.15) is 15.3 Å². The van der Waals surface area contributed by atoms with Gasteiger partial charge in [0.1, 0.15) is 11.6 Å². The molecule has 0 unspecified atom stereocenters. The fourth-order valence-electron chi connectivity index (χ4n) is 2.66. The Morgan fingerprint density at radius 2 is 1.97 bits per heavy atom. The highest BCUT2D eigenvalue weighted by molar-refractivity contribution is 5.82. The van der Waals surface area contributed by atoms with Gasteiger partial charge in [0.25, 0.3) is 5.56 Å². The first-order chi connectivity index (χ1) is 14.2. The monoisotopic (exact) mass is 383 g/mol. The Kier molecular flexibility index (Phi) is 4.90. The first-order valence-electron chi connectivity index (χ1n) is 8.50. The van der Waals surface area contributed by atoms with Gasteiger partial charge in [0.2, 0.25) is 18.2 Å². The van der Waals surface area contributed by atoms with Crippen LogP contribution >= 0.6 is 0 Å². The molecule has 4 rings (SSSR count). The average Bonchev–Trinajstić information content (AvgIpc) is 3.29. The molecule has 0 aliphatic heterocycles. The van der Waals surface area contributed by atoms with Crippen LogP contribution in [0.25, 0.3) is 22.6 Å². The van der Waals surface area contributed by atoms with Crippen LogP contribution < -0.4 is 11.0 Å². The molecule has 2 N–H and O–H groups in total. The fraction of sp³-hybridized carbons (Fsp3) is 0. The first-order valence-corrected chi connectivity index (χ1v) is 8.50. The van der Waals surface area contributed by atoms with Crippen molar-refractivity contribution in [3.8, 4) is 28.7 Å². The number of hydrogen-bond donors (Lipinski definition) is 2. The third kappa shape index (κ3) is 3.91. The third-order valence-corrected chi connectivity index (χ3v) is 3.97. The number of anilines is 1. The van der Waals surface area contributed by atoms with Crippen molar-refractivity contribution >= 4 is 12.2 Å². The maximum absolute atomic E-state index is 12.2. The molecule has 0 saturated carbocycles. The predicted molar refractivity (Wildman–Crippen MR) is 106 cm³/mol. The summed E-state index contributed by atoms with van der Waals surface area (Å²) >= 11 is 0. The quantitative estimate of drug-likeness (QED) is 0.400. The van der Waals surface area contributed by atoms with Crippen molar-refractivity contribution in [3.63, 3.8) is 0 Å². The van der Waals surface area contributed by atoms with E-state index in [1.165, 1.54) is 6.39 Å². The lowest BCUT2D eigenvalue weighted by Gasteiger charge is -2.06. The second-order valence-corrected chi connectivity index (χ2v) is 5.87. The number of rotatable bonds is 5. The summed E-state index contributed by atoms with van der Waals surface area (Å²) in [5, 5.41) is 17.2. The van der Waals surface area contributed by atoms with Gasteiger partial charge in [-0.15, -0.1) is 0 Å². The Bertz CT molecular complexity index is 1260. The van der Waals surface area contributed by atoms with E-state index in [1.54, 1.807) is 30.5 Å². The predicted octanol–water partition coefficient (Wildman–Crippen LogP) is 2.80. The molecule has 0 atom stereocenters. The summed E-state index contributed by atoms with van der Waals surface area (Å²) in [6, 6.07) is 18.3. The molecule has 2 aromatic carbocycles. The van der Waals surface area contributed by atoms with Gasteiger partial charge in [0.05, 0.1) is 11.9 Å². The van der Waals surface area contributed by atoms with E-state index in [0.717, 1.165) is 11.1 Å². The molecule has 0 radical (unpaired) electrons. The van der Waals surface area contributed by atoms with Gasteiger partial charge in [-0.3, -0.25) is 9.78 Å². The summed E-state index contributed by atoms with van der Waals surface area (Å²) in [6.07, 6.45) is 2.82. The first kappa shape index (κ1) is 17.8. The normalized spacial score (nSPS) is 10.7. The molecule has 0 aliphatic carbocycles. The molecule has 2 heterocycles. The Balaban J connectivity index is 1.59. The van der Waals surface area contributed by atoms with Gasteiger partial charge in [0, 0.05) is 11.1 Å². The van der Waals surface area contributed by atoms with Crippen LogP contribution in [-0.2, 0) is 0 Å². The number of hydrogen-bond acceptors (Lipinski definition) is 8. The zero-order chi connectivity index (χ0) is 20.1. The van der Waals surface area contributed by atoms with Crippen LogP contribution in [0.15, 0.2) is 75.4 Å². The van der Waals surface area contributed by atoms with Crippen LogP contribution in [-0.4, -0.2) is 26.3 Å². The minimum absolute atomic E-state index is 0.0569. The Hall–Kier alpha value is -4.58. The SMILES string of the molecule is N#Cc1c(-c2ccccc2)nc(NN=Cc2cccc(-c3ncon3)c2)[nH]c1=O. The zero-order valence-electron chi connectivity index (χ0n) is 14.9. The number of H-pyrrole nitrogens is 1. The Labute approximate surface area is 164 Å². The molecule has 140 valence electrons. The van der Waals surface area contributed by atoms with Gasteiger partial charge in [-0.1, -0.05) is 53.7 Å². The molecular weight excluding hydrogens is 370 g/mol. The van der Waals surface area contributed by atoms with Crippen molar-refractivity contribution < 1.29 is 4.52 Å². The van der Waals surface area contributed by atoms with Crippen molar-refractivity contribution in [2.45, 2.75) is 0 Å². The van der Waals surface area contributed by atoms with Crippen LogP contribution in [0.2, 0.25) is 0 Å². The average molecular weight is 383 g/mol. The Morgan fingerprint density at radius 3 is 2.72 bits per heavy atom. The van der Waals surface area contributed by atoms with E-state index in [4.69, 9.17) is 4.52 Å². The fourth-order valence-corrected chi connectivity index (χ4v) is 2.66. The lowest BCUT2D eigenvalue weighted by atomic mass is 10.1. The Morgan fingerprint density at radius 1 is 1.14 bits per heavy atom.